The minimum Gasteiger partial charge on any atom is -0.486 e. The molecule has 2 fully saturated rings. The fraction of sp³-hybridized carbons (Fsp3) is 0.610. The summed E-state index contributed by atoms with van der Waals surface area (Å²) in [5, 5.41) is 0. The first-order chi connectivity index (χ1) is 21.5. The zero-order valence-corrected chi connectivity index (χ0v) is 30.3. The summed E-state index contributed by atoms with van der Waals surface area (Å²) in [7, 11) is -1.96. The van der Waals surface area contributed by atoms with Crippen LogP contribution in [0.4, 0.5) is 0 Å². The molecule has 0 bridgehead atoms. The van der Waals surface area contributed by atoms with Gasteiger partial charge < -0.3 is 14.0 Å². The van der Waals surface area contributed by atoms with Crippen LogP contribution in [0.5, 0.6) is 11.5 Å². The summed E-state index contributed by atoms with van der Waals surface area (Å²) in [5.41, 5.74) is 8.34. The largest absolute Gasteiger partial charge is 0.486 e. The van der Waals surface area contributed by atoms with Gasteiger partial charge in [-0.25, -0.2) is 0 Å². The first-order valence-electron chi connectivity index (χ1n) is 18.3. The van der Waals surface area contributed by atoms with Crippen LogP contribution in [-0.2, 0) is 5.41 Å². The smallest absolute Gasteiger partial charge is 0.161 e. The molecule has 4 aliphatic carbocycles. The van der Waals surface area contributed by atoms with Gasteiger partial charge in [0.15, 0.2) is 11.5 Å². The van der Waals surface area contributed by atoms with E-state index in [-0.39, 0.29) is 11.0 Å². The summed E-state index contributed by atoms with van der Waals surface area (Å²) in [6.07, 6.45) is 14.7. The van der Waals surface area contributed by atoms with Crippen molar-refractivity contribution >= 4 is 13.8 Å². The number of rotatable bonds is 6. The number of ether oxygens (including phenoxy) is 2. The second kappa shape index (κ2) is 11.4. The zero-order chi connectivity index (χ0) is 31.7. The van der Waals surface area contributed by atoms with Crippen molar-refractivity contribution in [2.75, 3.05) is 13.2 Å². The number of fused-ring (bicyclic) bond motifs is 5. The molecule has 5 atom stereocenters. The molecular weight excluding hydrogens is 567 g/mol. The molecule has 7 rings (SSSR count). The lowest BCUT2D eigenvalue weighted by molar-refractivity contribution is 0.138. The van der Waals surface area contributed by atoms with Crippen LogP contribution >= 0.6 is 0 Å². The first-order valence-corrected chi connectivity index (χ1v) is 21.3. The van der Waals surface area contributed by atoms with E-state index in [1.807, 2.05) is 0 Å². The molecule has 0 N–H and O–H groups in total. The molecule has 5 aliphatic rings. The lowest BCUT2D eigenvalue weighted by Gasteiger charge is -2.56. The van der Waals surface area contributed by atoms with Crippen molar-refractivity contribution in [3.8, 4) is 11.5 Å². The Kier molecular flexibility index (Phi) is 7.96. The minimum absolute atomic E-state index is 0.0248. The average molecular weight is 624 g/mol. The van der Waals surface area contributed by atoms with E-state index in [1.54, 1.807) is 5.57 Å². The maximum Gasteiger partial charge on any atom is 0.161 e. The van der Waals surface area contributed by atoms with Gasteiger partial charge in [0.25, 0.3) is 0 Å². The Morgan fingerprint density at radius 1 is 0.867 bits per heavy atom. The summed E-state index contributed by atoms with van der Waals surface area (Å²) in [4.78, 5) is 0. The summed E-state index contributed by atoms with van der Waals surface area (Å²) in [6.45, 7) is 21.7. The molecule has 0 spiro atoms. The van der Waals surface area contributed by atoms with Crippen molar-refractivity contribution < 1.29 is 9.47 Å². The van der Waals surface area contributed by atoms with E-state index >= 15 is 0 Å². The molecule has 1 heterocycles. The average Bonchev–Trinajstić information content (AvgIpc) is 3.46. The Morgan fingerprint density at radius 3 is 2.13 bits per heavy atom. The van der Waals surface area contributed by atoms with Gasteiger partial charge in [-0.1, -0.05) is 95.6 Å². The maximum atomic E-state index is 6.18. The molecule has 0 amide bonds. The van der Waals surface area contributed by atoms with Gasteiger partial charge in [-0.3, -0.25) is 0 Å². The lowest BCUT2D eigenvalue weighted by atomic mass is 9.69. The molecule has 242 valence electrons. The van der Waals surface area contributed by atoms with Crippen LogP contribution in [0.25, 0.3) is 5.57 Å². The minimum atomic E-state index is -1.96. The highest BCUT2D eigenvalue weighted by Gasteiger charge is 2.59. The highest BCUT2D eigenvalue weighted by molar-refractivity contribution is 6.76. The lowest BCUT2D eigenvalue weighted by Crippen LogP contribution is -2.65. The Balaban J connectivity index is 1.41. The van der Waals surface area contributed by atoms with Gasteiger partial charge in [0.1, 0.15) is 21.4 Å². The Labute approximate surface area is 274 Å². The van der Waals surface area contributed by atoms with E-state index in [0.717, 1.165) is 24.3 Å². The highest BCUT2D eigenvalue weighted by Crippen LogP contribution is 2.66. The molecule has 45 heavy (non-hydrogen) atoms. The van der Waals surface area contributed by atoms with Crippen LogP contribution in [0.2, 0.25) is 18.6 Å². The van der Waals surface area contributed by atoms with Crippen LogP contribution in [-0.4, -0.2) is 37.6 Å². The molecule has 0 radical (unpaired) electrons. The van der Waals surface area contributed by atoms with Crippen molar-refractivity contribution in [2.45, 2.75) is 128 Å². The summed E-state index contributed by atoms with van der Waals surface area (Å²) in [5.74, 6) is 4.05. The Morgan fingerprint density at radius 2 is 1.51 bits per heavy atom. The van der Waals surface area contributed by atoms with Crippen LogP contribution in [0.3, 0.4) is 0 Å². The molecule has 1 aliphatic heterocycles. The fourth-order valence-corrected chi connectivity index (χ4v) is 17.6. The molecule has 0 aromatic heterocycles. The van der Waals surface area contributed by atoms with Crippen LogP contribution in [0, 0.1) is 17.8 Å². The monoisotopic (exact) mass is 623 g/mol. The van der Waals surface area contributed by atoms with Gasteiger partial charge in [0.05, 0.1) is 0 Å². The van der Waals surface area contributed by atoms with E-state index in [2.05, 4.69) is 114 Å². The third-order valence-electron chi connectivity index (χ3n) is 12.9. The maximum absolute atomic E-state index is 6.18. The van der Waals surface area contributed by atoms with Crippen molar-refractivity contribution in [2.24, 2.45) is 17.8 Å². The van der Waals surface area contributed by atoms with Gasteiger partial charge in [-0.05, 0) is 116 Å². The topological polar surface area (TPSA) is 21.7 Å². The number of allylic oxidation sites excluding steroid dienone is 4. The predicted molar refractivity (Wildman–Crippen MR) is 191 cm³/mol. The molecule has 5 unspecified atom stereocenters. The molecule has 3 nitrogen and oxygen atoms in total. The standard InChI is InChI=1S/C41H57NO2Si/c1-9-41(10-2)34-24-32-33(23-30(34)31-25-36-37(26-35(31)41)44-22-21-43-36)39(27(3)38(32)28-17-13-11-14-18-28)45(7,8)42(40(4,5)6)29-19-15-12-16-20-29/h11,13-14,17-18,23-27,29,32-33,38-39H,9-10,12,15-16,19-22H2,1-8H3. The summed E-state index contributed by atoms with van der Waals surface area (Å²) in [6, 6.07) is 17.0. The molecule has 4 heteroatoms. The van der Waals surface area contributed by atoms with E-state index in [4.69, 9.17) is 9.47 Å². The molecule has 0 saturated heterocycles. The fourth-order valence-electron chi connectivity index (χ4n) is 11.6. The second-order valence-corrected chi connectivity index (χ2v) is 20.9. The van der Waals surface area contributed by atoms with E-state index in [1.165, 1.54) is 54.4 Å². The van der Waals surface area contributed by atoms with Crippen molar-refractivity contribution in [3.05, 3.63) is 76.9 Å². The second-order valence-electron chi connectivity index (χ2n) is 16.5. The van der Waals surface area contributed by atoms with Crippen LogP contribution in [0.1, 0.15) is 109 Å². The zero-order valence-electron chi connectivity index (χ0n) is 29.3. The van der Waals surface area contributed by atoms with Crippen molar-refractivity contribution in [3.63, 3.8) is 0 Å². The predicted octanol–water partition coefficient (Wildman–Crippen LogP) is 10.5. The molecule has 2 aromatic rings. The molecule has 2 aromatic carbocycles. The van der Waals surface area contributed by atoms with E-state index in [9.17, 15) is 0 Å². The van der Waals surface area contributed by atoms with Gasteiger partial charge >= 0.3 is 0 Å². The van der Waals surface area contributed by atoms with Crippen LogP contribution < -0.4 is 9.47 Å². The van der Waals surface area contributed by atoms with Gasteiger partial charge in [-0.15, -0.1) is 0 Å². The van der Waals surface area contributed by atoms with Crippen LogP contribution in [0.15, 0.2) is 60.2 Å². The van der Waals surface area contributed by atoms with Crippen molar-refractivity contribution in [1.29, 1.82) is 0 Å². The summed E-state index contributed by atoms with van der Waals surface area (Å²) >= 11 is 0. The quantitative estimate of drug-likeness (QED) is 0.299. The van der Waals surface area contributed by atoms with Crippen molar-refractivity contribution in [1.82, 2.24) is 4.57 Å². The van der Waals surface area contributed by atoms with E-state index in [0.29, 0.717) is 48.5 Å². The number of hydrogen-bond acceptors (Lipinski definition) is 3. The van der Waals surface area contributed by atoms with Gasteiger partial charge in [0, 0.05) is 17.0 Å². The summed E-state index contributed by atoms with van der Waals surface area (Å²) < 4.78 is 15.5. The Bertz CT molecular complexity index is 1470. The SMILES string of the molecule is CCC1(CC)C2=CC3C(C=C2c2cc4c(cc21)OCCO4)C([Si](C)(C)N(C1CCCCC1)C(C)(C)C)C(C)C3c1ccccc1. The normalized spacial score (nSPS) is 29.1. The number of benzene rings is 2. The third-order valence-corrected chi connectivity index (χ3v) is 17.7. The van der Waals surface area contributed by atoms with E-state index < -0.39 is 8.24 Å². The molecular formula is C41H57NO2Si. The number of nitrogens with zero attached hydrogens (tertiary/aromatic N) is 1. The van der Waals surface area contributed by atoms with Gasteiger partial charge in [0.2, 0.25) is 0 Å². The number of hydrogen-bond donors (Lipinski definition) is 0. The molecule has 2 saturated carbocycles. The highest BCUT2D eigenvalue weighted by atomic mass is 28.3. The third kappa shape index (κ3) is 4.83. The Hall–Kier alpha value is -2.30. The van der Waals surface area contributed by atoms with Gasteiger partial charge in [-0.2, -0.15) is 0 Å². The first kappa shape index (κ1) is 31.3.